The molecule has 0 aromatic heterocycles. The molecule has 0 saturated heterocycles. The van der Waals surface area contributed by atoms with Crippen molar-refractivity contribution >= 4 is 38.1 Å². The first-order chi connectivity index (χ1) is 6.09. The predicted octanol–water partition coefficient (Wildman–Crippen LogP) is -0.368. The second kappa shape index (κ2) is 5.65. The molecule has 76 valence electrons. The van der Waals surface area contributed by atoms with Gasteiger partial charge >= 0.3 is 38.1 Å². The zero-order chi connectivity index (χ0) is 9.84. The molecule has 0 bridgehead atoms. The number of hydrogen-bond acceptors (Lipinski definition) is 3. The van der Waals surface area contributed by atoms with Gasteiger partial charge in [0.15, 0.2) is 0 Å². The Morgan fingerprint density at radius 1 is 1.21 bits per heavy atom. The zero-order valence-corrected chi connectivity index (χ0v) is 12.6. The van der Waals surface area contributed by atoms with E-state index in [0.717, 1.165) is 24.3 Å². The summed E-state index contributed by atoms with van der Waals surface area (Å²) in [4.78, 5) is 20.5. The second-order valence-electron chi connectivity index (χ2n) is 2.15. The van der Waals surface area contributed by atoms with E-state index in [-0.39, 0.29) is 32.0 Å². The van der Waals surface area contributed by atoms with Gasteiger partial charge in [0, 0.05) is 0 Å². The molecule has 0 spiro atoms. The van der Waals surface area contributed by atoms with E-state index in [9.17, 15) is 14.0 Å². The third kappa shape index (κ3) is 3.79. The van der Waals surface area contributed by atoms with Gasteiger partial charge in [0.05, 0.1) is 0 Å². The topological polar surface area (TPSA) is 63.6 Å². The molecular formula is C8H8BiFO4. The minimum atomic E-state index is -1.69. The Labute approximate surface area is 97.8 Å². The van der Waals surface area contributed by atoms with Gasteiger partial charge in [-0.1, -0.05) is 0 Å². The molecule has 14 heavy (non-hydrogen) atoms. The first-order valence-electron chi connectivity index (χ1n) is 3.30. The second-order valence-corrected chi connectivity index (χ2v) is 2.15. The summed E-state index contributed by atoms with van der Waals surface area (Å²) in [5.74, 6) is -3.58. The number of hydrogen-bond donors (Lipinski definition) is 1. The maximum atomic E-state index is 12.3. The molecule has 1 aromatic rings. The van der Waals surface area contributed by atoms with Crippen LogP contribution in [0.15, 0.2) is 24.3 Å². The van der Waals surface area contributed by atoms with Crippen LogP contribution in [0.2, 0.25) is 0 Å². The predicted molar refractivity (Wildman–Crippen MR) is 49.6 cm³/mol. The summed E-state index contributed by atoms with van der Waals surface area (Å²) >= 11 is 0. The number of carboxylic acids is 1. The summed E-state index contributed by atoms with van der Waals surface area (Å²) in [7, 11) is 0. The van der Waals surface area contributed by atoms with Crippen molar-refractivity contribution in [2.75, 3.05) is 0 Å². The van der Waals surface area contributed by atoms with Gasteiger partial charge in [0.1, 0.15) is 11.6 Å². The summed E-state index contributed by atoms with van der Waals surface area (Å²) in [6, 6.07) is 4.45. The quantitative estimate of drug-likeness (QED) is 0.305. The van der Waals surface area contributed by atoms with Gasteiger partial charge in [-0.2, -0.15) is 0 Å². The van der Waals surface area contributed by atoms with Gasteiger partial charge in [-0.3, -0.25) is 0 Å². The van der Waals surface area contributed by atoms with E-state index < -0.39 is 17.8 Å². The SMILES string of the molecule is O=C(O)C(=O)Oc1ccc(F)cc1.[BiH3]. The van der Waals surface area contributed by atoms with E-state index in [1.807, 2.05) is 0 Å². The average molecular weight is 396 g/mol. The molecule has 0 unspecified atom stereocenters. The molecule has 4 nitrogen and oxygen atoms in total. The standard InChI is InChI=1S/C8H5FO4.Bi.3H/c9-5-1-3-6(4-2-5)13-8(12)7(10)11;;;;/h1-4H,(H,10,11);;;;. The fraction of sp³-hybridized carbons (Fsp3) is 0. The summed E-state index contributed by atoms with van der Waals surface area (Å²) < 4.78 is 16.7. The molecule has 0 radical (unpaired) electrons. The molecule has 0 aliphatic carbocycles. The molecular weight excluding hydrogens is 388 g/mol. The van der Waals surface area contributed by atoms with Crippen molar-refractivity contribution in [3.05, 3.63) is 30.1 Å². The van der Waals surface area contributed by atoms with Crippen LogP contribution in [0.1, 0.15) is 0 Å². The van der Waals surface area contributed by atoms with Crippen molar-refractivity contribution in [3.8, 4) is 5.75 Å². The summed E-state index contributed by atoms with van der Waals surface area (Å²) in [5.41, 5.74) is 0. The Kier molecular flexibility index (Phi) is 5.24. The molecule has 1 N–H and O–H groups in total. The number of carbonyl (C=O) groups excluding carboxylic acids is 1. The van der Waals surface area contributed by atoms with Gasteiger partial charge in [-0.05, 0) is 24.3 Å². The number of aliphatic carboxylic acids is 1. The number of esters is 1. The Morgan fingerprint density at radius 3 is 2.14 bits per heavy atom. The molecule has 0 amide bonds. The Balaban J connectivity index is 0.00000169. The van der Waals surface area contributed by atoms with Gasteiger partial charge in [-0.15, -0.1) is 0 Å². The fourth-order valence-corrected chi connectivity index (χ4v) is 0.653. The van der Waals surface area contributed by atoms with Crippen LogP contribution in [-0.2, 0) is 9.59 Å². The van der Waals surface area contributed by atoms with Crippen LogP contribution in [-0.4, -0.2) is 43.2 Å². The maximum absolute atomic E-state index is 12.3. The van der Waals surface area contributed by atoms with Crippen molar-refractivity contribution in [2.24, 2.45) is 0 Å². The number of rotatable bonds is 1. The Hall–Kier alpha value is -1.03. The van der Waals surface area contributed by atoms with Gasteiger partial charge in [-0.25, -0.2) is 14.0 Å². The van der Waals surface area contributed by atoms with Crippen molar-refractivity contribution in [1.29, 1.82) is 0 Å². The van der Waals surface area contributed by atoms with E-state index >= 15 is 0 Å². The molecule has 0 aliphatic rings. The molecule has 0 heterocycles. The van der Waals surface area contributed by atoms with Crippen LogP contribution in [0.25, 0.3) is 0 Å². The number of ether oxygens (including phenoxy) is 1. The number of benzene rings is 1. The van der Waals surface area contributed by atoms with Crippen LogP contribution in [0.5, 0.6) is 5.75 Å². The van der Waals surface area contributed by atoms with E-state index in [4.69, 9.17) is 5.11 Å². The van der Waals surface area contributed by atoms with Gasteiger partial charge in [0.25, 0.3) is 0 Å². The van der Waals surface area contributed by atoms with Crippen LogP contribution in [0, 0.1) is 5.82 Å². The Bertz CT molecular complexity index is 336. The number of carbonyl (C=O) groups is 2. The van der Waals surface area contributed by atoms with Crippen LogP contribution >= 0.6 is 0 Å². The van der Waals surface area contributed by atoms with E-state index in [1.54, 1.807) is 0 Å². The van der Waals surface area contributed by atoms with Crippen molar-refractivity contribution in [1.82, 2.24) is 0 Å². The molecule has 0 atom stereocenters. The monoisotopic (exact) mass is 396 g/mol. The van der Waals surface area contributed by atoms with E-state index in [1.165, 1.54) is 0 Å². The minimum absolute atomic E-state index is 0. The molecule has 0 fully saturated rings. The molecule has 6 heteroatoms. The van der Waals surface area contributed by atoms with Crippen LogP contribution in [0.4, 0.5) is 4.39 Å². The Morgan fingerprint density at radius 2 is 1.71 bits per heavy atom. The third-order valence-electron chi connectivity index (χ3n) is 1.20. The van der Waals surface area contributed by atoms with Crippen LogP contribution in [0.3, 0.4) is 0 Å². The third-order valence-corrected chi connectivity index (χ3v) is 1.20. The van der Waals surface area contributed by atoms with E-state index in [0.29, 0.717) is 0 Å². The number of carboxylic acid groups (broad SMARTS) is 1. The molecule has 0 aliphatic heterocycles. The summed E-state index contributed by atoms with van der Waals surface area (Å²) in [6.07, 6.45) is 0. The first-order valence-corrected chi connectivity index (χ1v) is 3.30. The van der Waals surface area contributed by atoms with Crippen molar-refractivity contribution in [2.45, 2.75) is 0 Å². The number of halogens is 1. The van der Waals surface area contributed by atoms with Crippen LogP contribution < -0.4 is 4.74 Å². The summed E-state index contributed by atoms with van der Waals surface area (Å²) in [6.45, 7) is 0. The van der Waals surface area contributed by atoms with Gasteiger partial charge < -0.3 is 9.84 Å². The average Bonchev–Trinajstić information content (AvgIpc) is 2.08. The van der Waals surface area contributed by atoms with E-state index in [2.05, 4.69) is 4.74 Å². The normalized spacial score (nSPS) is 8.64. The summed E-state index contributed by atoms with van der Waals surface area (Å²) in [5, 5.41) is 8.15. The first kappa shape index (κ1) is 13.0. The van der Waals surface area contributed by atoms with Crippen molar-refractivity contribution in [3.63, 3.8) is 0 Å². The fourth-order valence-electron chi connectivity index (χ4n) is 0.653. The molecule has 1 aromatic carbocycles. The van der Waals surface area contributed by atoms with Gasteiger partial charge in [0.2, 0.25) is 0 Å². The molecule has 1 rings (SSSR count). The zero-order valence-electron chi connectivity index (χ0n) is 7.07. The van der Waals surface area contributed by atoms with Crippen molar-refractivity contribution < 1.29 is 23.8 Å². The molecule has 0 saturated carbocycles.